The highest BCUT2D eigenvalue weighted by Crippen LogP contribution is 2.23. The number of nitrogens with zero attached hydrogens (tertiary/aromatic N) is 3. The maximum Gasteiger partial charge on any atom is 0.245 e. The van der Waals surface area contributed by atoms with Gasteiger partial charge in [-0.15, -0.1) is 11.3 Å². The summed E-state index contributed by atoms with van der Waals surface area (Å²) in [5.74, 6) is -0.573. The first-order valence-electron chi connectivity index (χ1n) is 8.10. The molecule has 0 aliphatic carbocycles. The molecule has 2 amide bonds. The number of halogens is 1. The quantitative estimate of drug-likeness (QED) is 0.841. The van der Waals surface area contributed by atoms with Crippen molar-refractivity contribution in [2.45, 2.75) is 39.9 Å². The van der Waals surface area contributed by atoms with Gasteiger partial charge in [0.15, 0.2) is 0 Å². The van der Waals surface area contributed by atoms with Gasteiger partial charge in [-0.25, -0.2) is 9.37 Å². The Balaban J connectivity index is 1.74. The van der Waals surface area contributed by atoms with E-state index in [-0.39, 0.29) is 30.7 Å². The van der Waals surface area contributed by atoms with Crippen molar-refractivity contribution in [2.75, 3.05) is 6.54 Å². The number of hydrogen-bond donors (Lipinski definition) is 0. The van der Waals surface area contributed by atoms with Gasteiger partial charge >= 0.3 is 0 Å². The third-order valence-corrected chi connectivity index (χ3v) is 5.42. The van der Waals surface area contributed by atoms with Gasteiger partial charge in [-0.1, -0.05) is 12.1 Å². The van der Waals surface area contributed by atoms with Crippen LogP contribution in [0.3, 0.4) is 0 Å². The summed E-state index contributed by atoms with van der Waals surface area (Å²) in [6.07, 6.45) is 0. The van der Waals surface area contributed by atoms with Gasteiger partial charge in [0.25, 0.3) is 0 Å². The Bertz CT molecular complexity index is 820. The Kier molecular flexibility index (Phi) is 4.85. The monoisotopic (exact) mass is 361 g/mol. The molecule has 0 spiro atoms. The van der Waals surface area contributed by atoms with Crippen LogP contribution in [0.5, 0.6) is 0 Å². The highest BCUT2D eigenvalue weighted by atomic mass is 32.1. The molecule has 0 saturated carbocycles. The topological polar surface area (TPSA) is 53.5 Å². The number of carbonyl (C=O) groups is 2. The molecular formula is C18H20FN3O2S. The molecule has 1 atom stereocenters. The zero-order valence-corrected chi connectivity index (χ0v) is 15.3. The first-order valence-corrected chi connectivity index (χ1v) is 8.92. The van der Waals surface area contributed by atoms with E-state index in [0.717, 1.165) is 15.6 Å². The van der Waals surface area contributed by atoms with Crippen molar-refractivity contribution in [1.29, 1.82) is 0 Å². The van der Waals surface area contributed by atoms with Crippen molar-refractivity contribution < 1.29 is 14.0 Å². The summed E-state index contributed by atoms with van der Waals surface area (Å²) in [6, 6.07) is 5.55. The highest BCUT2D eigenvalue weighted by Gasteiger charge is 2.36. The third kappa shape index (κ3) is 3.71. The van der Waals surface area contributed by atoms with Gasteiger partial charge in [0.05, 0.1) is 17.2 Å². The minimum absolute atomic E-state index is 0.0104. The van der Waals surface area contributed by atoms with Gasteiger partial charge in [-0.05, 0) is 38.5 Å². The fraction of sp³-hybridized carbons (Fsp3) is 0.389. The average molecular weight is 361 g/mol. The molecule has 1 aromatic carbocycles. The van der Waals surface area contributed by atoms with E-state index in [2.05, 4.69) is 4.98 Å². The van der Waals surface area contributed by atoms with E-state index in [1.165, 1.54) is 17.0 Å². The van der Waals surface area contributed by atoms with Crippen LogP contribution in [0.25, 0.3) is 0 Å². The van der Waals surface area contributed by atoms with Gasteiger partial charge in [0, 0.05) is 11.4 Å². The van der Waals surface area contributed by atoms with Crippen LogP contribution in [0, 0.1) is 19.7 Å². The Morgan fingerprint density at radius 2 is 2.04 bits per heavy atom. The molecule has 25 heavy (non-hydrogen) atoms. The number of piperazine rings is 1. The molecule has 1 fully saturated rings. The lowest BCUT2D eigenvalue weighted by atomic mass is 10.1. The molecule has 2 aromatic rings. The molecule has 2 heterocycles. The normalized spacial score (nSPS) is 18.2. The molecule has 5 nitrogen and oxygen atoms in total. The minimum Gasteiger partial charge on any atom is -0.327 e. The van der Waals surface area contributed by atoms with Crippen molar-refractivity contribution in [3.63, 3.8) is 0 Å². The fourth-order valence-corrected chi connectivity index (χ4v) is 3.97. The smallest absolute Gasteiger partial charge is 0.245 e. The highest BCUT2D eigenvalue weighted by molar-refractivity contribution is 7.11. The van der Waals surface area contributed by atoms with Crippen LogP contribution in [-0.2, 0) is 22.7 Å². The Labute approximate surface area is 150 Å². The first kappa shape index (κ1) is 17.5. The molecule has 1 saturated heterocycles. The summed E-state index contributed by atoms with van der Waals surface area (Å²) in [6.45, 7) is 6.22. The van der Waals surface area contributed by atoms with Gasteiger partial charge in [-0.3, -0.25) is 9.59 Å². The molecular weight excluding hydrogens is 341 g/mol. The van der Waals surface area contributed by atoms with E-state index >= 15 is 0 Å². The maximum absolute atomic E-state index is 13.3. The molecule has 0 radical (unpaired) electrons. The van der Waals surface area contributed by atoms with Crippen molar-refractivity contribution in [3.8, 4) is 0 Å². The van der Waals surface area contributed by atoms with Gasteiger partial charge in [0.1, 0.15) is 18.4 Å². The van der Waals surface area contributed by atoms with E-state index in [0.29, 0.717) is 12.1 Å². The molecule has 1 aromatic heterocycles. The summed E-state index contributed by atoms with van der Waals surface area (Å²) in [5, 5.41) is 0.948. The number of benzene rings is 1. The number of aromatic nitrogens is 1. The minimum atomic E-state index is -0.545. The van der Waals surface area contributed by atoms with E-state index in [1.807, 2.05) is 13.8 Å². The van der Waals surface area contributed by atoms with Crippen LogP contribution in [0.1, 0.15) is 28.1 Å². The number of carbonyl (C=O) groups excluding carboxylic acids is 2. The van der Waals surface area contributed by atoms with Gasteiger partial charge < -0.3 is 9.80 Å². The average Bonchev–Trinajstić information content (AvgIpc) is 2.86. The SMILES string of the molecule is Cc1nc(C)c(CN2C(=O)CN(Cc3cccc(F)c3)C(=O)[C@@H]2C)s1. The summed E-state index contributed by atoms with van der Waals surface area (Å²) in [7, 11) is 0. The second-order valence-corrected chi connectivity index (χ2v) is 7.55. The van der Waals surface area contributed by atoms with Crippen LogP contribution < -0.4 is 0 Å². The van der Waals surface area contributed by atoms with Crippen LogP contribution in [0.15, 0.2) is 24.3 Å². The third-order valence-electron chi connectivity index (χ3n) is 4.36. The number of thiazole rings is 1. The Morgan fingerprint density at radius 3 is 2.68 bits per heavy atom. The lowest BCUT2D eigenvalue weighted by molar-refractivity contribution is -0.156. The molecule has 1 aliphatic rings. The van der Waals surface area contributed by atoms with E-state index < -0.39 is 6.04 Å². The lowest BCUT2D eigenvalue weighted by Crippen LogP contribution is -2.57. The van der Waals surface area contributed by atoms with Crippen LogP contribution >= 0.6 is 11.3 Å². The van der Waals surface area contributed by atoms with E-state index in [4.69, 9.17) is 0 Å². The molecule has 132 valence electrons. The Morgan fingerprint density at radius 1 is 1.28 bits per heavy atom. The summed E-state index contributed by atoms with van der Waals surface area (Å²) >= 11 is 1.55. The number of hydrogen-bond acceptors (Lipinski definition) is 4. The first-order chi connectivity index (χ1) is 11.8. The van der Waals surface area contributed by atoms with E-state index in [1.54, 1.807) is 35.3 Å². The van der Waals surface area contributed by atoms with Crippen molar-refractivity contribution in [2.24, 2.45) is 0 Å². The molecule has 0 unspecified atom stereocenters. The zero-order chi connectivity index (χ0) is 18.1. The molecule has 7 heteroatoms. The van der Waals surface area contributed by atoms with Gasteiger partial charge in [-0.2, -0.15) is 0 Å². The maximum atomic E-state index is 13.3. The van der Waals surface area contributed by atoms with Crippen molar-refractivity contribution >= 4 is 23.2 Å². The molecule has 0 bridgehead atoms. The number of rotatable bonds is 4. The standard InChI is InChI=1S/C18H20FN3O2S/c1-11-16(25-13(3)20-11)9-22-12(2)18(24)21(10-17(22)23)8-14-5-4-6-15(19)7-14/h4-7,12H,8-10H2,1-3H3/t12-/m0/s1. The Hall–Kier alpha value is -2.28. The predicted octanol–water partition coefficient (Wildman–Crippen LogP) is 2.66. The summed E-state index contributed by atoms with van der Waals surface area (Å²) in [4.78, 5) is 33.7. The van der Waals surface area contributed by atoms with Crippen LogP contribution in [0.2, 0.25) is 0 Å². The second-order valence-electron chi connectivity index (χ2n) is 6.26. The van der Waals surface area contributed by atoms with Gasteiger partial charge in [0.2, 0.25) is 11.8 Å². The molecule has 0 N–H and O–H groups in total. The van der Waals surface area contributed by atoms with Crippen LogP contribution in [-0.4, -0.2) is 39.2 Å². The van der Waals surface area contributed by atoms with E-state index in [9.17, 15) is 14.0 Å². The number of aryl methyl sites for hydroxylation is 2. The van der Waals surface area contributed by atoms with Crippen molar-refractivity contribution in [1.82, 2.24) is 14.8 Å². The van der Waals surface area contributed by atoms with Crippen LogP contribution in [0.4, 0.5) is 4.39 Å². The van der Waals surface area contributed by atoms with Crippen molar-refractivity contribution in [3.05, 3.63) is 51.2 Å². The molecule has 1 aliphatic heterocycles. The largest absolute Gasteiger partial charge is 0.327 e. The zero-order valence-electron chi connectivity index (χ0n) is 14.5. The molecule has 3 rings (SSSR count). The predicted molar refractivity (Wildman–Crippen MR) is 93.4 cm³/mol. The second kappa shape index (κ2) is 6.92. The lowest BCUT2D eigenvalue weighted by Gasteiger charge is -2.38. The number of amides is 2. The fourth-order valence-electron chi connectivity index (χ4n) is 3.04. The summed E-state index contributed by atoms with van der Waals surface area (Å²) < 4.78 is 13.3. The summed E-state index contributed by atoms with van der Waals surface area (Å²) in [5.41, 5.74) is 1.58.